The minimum atomic E-state index is -0.696. The second kappa shape index (κ2) is 7.88. The van der Waals surface area contributed by atoms with Crippen LogP contribution in [0, 0.1) is 5.82 Å². The first-order valence-corrected chi connectivity index (χ1v) is 8.51. The number of carbonyl (C=O) groups is 2. The van der Waals surface area contributed by atoms with E-state index in [0.717, 1.165) is 0 Å². The predicted octanol–water partition coefficient (Wildman–Crippen LogP) is 4.00. The Kier molecular flexibility index (Phi) is 5.38. The van der Waals surface area contributed by atoms with Crippen LogP contribution < -0.4 is 4.74 Å². The molecule has 0 bridgehead atoms. The summed E-state index contributed by atoms with van der Waals surface area (Å²) in [5, 5.41) is 2.10. The van der Waals surface area contributed by atoms with Gasteiger partial charge in [-0.1, -0.05) is 12.1 Å². The van der Waals surface area contributed by atoms with E-state index < -0.39 is 12.6 Å². The lowest BCUT2D eigenvalue weighted by molar-refractivity contribution is 0.0469. The lowest BCUT2D eigenvalue weighted by Gasteiger charge is -2.07. The standard InChI is InChI=1S/C19H14FNO4S/c1-24-17-5-3-2-4-14(17)16(22)10-25-19(23)15-11-26-18(21-15)12-6-8-13(20)9-7-12/h2-9,11H,10H2,1H3. The fraction of sp³-hybridized carbons (Fsp3) is 0.105. The molecule has 132 valence electrons. The summed E-state index contributed by atoms with van der Waals surface area (Å²) in [5.41, 5.74) is 1.13. The van der Waals surface area contributed by atoms with E-state index in [1.165, 1.54) is 36.0 Å². The van der Waals surface area contributed by atoms with Gasteiger partial charge in [-0.2, -0.15) is 0 Å². The minimum Gasteiger partial charge on any atom is -0.496 e. The number of hydrogen-bond acceptors (Lipinski definition) is 6. The van der Waals surface area contributed by atoms with Crippen molar-refractivity contribution in [3.05, 3.63) is 71.0 Å². The van der Waals surface area contributed by atoms with Crippen LogP contribution in [0.15, 0.2) is 53.9 Å². The van der Waals surface area contributed by atoms with Gasteiger partial charge in [0.2, 0.25) is 5.78 Å². The Bertz CT molecular complexity index is 937. The first-order valence-electron chi connectivity index (χ1n) is 7.63. The Morgan fingerprint density at radius 1 is 1.12 bits per heavy atom. The molecule has 5 nitrogen and oxygen atoms in total. The van der Waals surface area contributed by atoms with Gasteiger partial charge < -0.3 is 9.47 Å². The maximum absolute atomic E-state index is 13.0. The van der Waals surface area contributed by atoms with Gasteiger partial charge in [-0.25, -0.2) is 14.2 Å². The van der Waals surface area contributed by atoms with Crippen molar-refractivity contribution in [3.63, 3.8) is 0 Å². The molecule has 0 aliphatic carbocycles. The first kappa shape index (κ1) is 17.8. The van der Waals surface area contributed by atoms with Gasteiger partial charge in [-0.15, -0.1) is 11.3 Å². The molecule has 1 aromatic heterocycles. The number of esters is 1. The zero-order valence-corrected chi connectivity index (χ0v) is 14.6. The van der Waals surface area contributed by atoms with Gasteiger partial charge >= 0.3 is 5.97 Å². The SMILES string of the molecule is COc1ccccc1C(=O)COC(=O)c1csc(-c2ccc(F)cc2)n1. The highest BCUT2D eigenvalue weighted by atomic mass is 32.1. The van der Waals surface area contributed by atoms with Crippen molar-refractivity contribution in [2.75, 3.05) is 13.7 Å². The summed E-state index contributed by atoms with van der Waals surface area (Å²) in [5.74, 6) is -0.997. The molecule has 0 aliphatic heterocycles. The lowest BCUT2D eigenvalue weighted by Crippen LogP contribution is -2.15. The smallest absolute Gasteiger partial charge is 0.358 e. The molecule has 0 spiro atoms. The van der Waals surface area contributed by atoms with Gasteiger partial charge in [0, 0.05) is 10.9 Å². The normalized spacial score (nSPS) is 10.4. The number of rotatable bonds is 6. The van der Waals surface area contributed by atoms with Crippen molar-refractivity contribution in [1.82, 2.24) is 4.98 Å². The number of aromatic nitrogens is 1. The van der Waals surface area contributed by atoms with Crippen molar-refractivity contribution >= 4 is 23.1 Å². The molecule has 0 saturated carbocycles. The van der Waals surface area contributed by atoms with Crippen molar-refractivity contribution < 1.29 is 23.5 Å². The molecule has 1 heterocycles. The monoisotopic (exact) mass is 371 g/mol. The Hall–Kier alpha value is -3.06. The summed E-state index contributed by atoms with van der Waals surface area (Å²) in [6, 6.07) is 12.5. The van der Waals surface area contributed by atoms with Gasteiger partial charge in [-0.05, 0) is 36.4 Å². The van der Waals surface area contributed by atoms with Crippen LogP contribution in [0.3, 0.4) is 0 Å². The number of methoxy groups -OCH3 is 1. The van der Waals surface area contributed by atoms with E-state index in [-0.39, 0.29) is 17.3 Å². The third kappa shape index (κ3) is 3.94. The fourth-order valence-corrected chi connectivity index (χ4v) is 3.05. The third-order valence-electron chi connectivity index (χ3n) is 3.55. The van der Waals surface area contributed by atoms with Crippen LogP contribution in [0.2, 0.25) is 0 Å². The molecule has 26 heavy (non-hydrogen) atoms. The number of para-hydroxylation sites is 1. The van der Waals surface area contributed by atoms with E-state index in [0.29, 0.717) is 21.9 Å². The molecule has 0 radical (unpaired) electrons. The number of Topliss-reactive ketones (excluding diaryl/α,β-unsaturated/α-hetero) is 1. The average Bonchev–Trinajstić information content (AvgIpc) is 3.16. The highest BCUT2D eigenvalue weighted by Crippen LogP contribution is 2.24. The van der Waals surface area contributed by atoms with E-state index in [1.54, 1.807) is 36.4 Å². The van der Waals surface area contributed by atoms with Crippen molar-refractivity contribution in [1.29, 1.82) is 0 Å². The number of nitrogens with zero attached hydrogens (tertiary/aromatic N) is 1. The van der Waals surface area contributed by atoms with E-state index in [1.807, 2.05) is 0 Å². The molecule has 0 N–H and O–H groups in total. The number of ketones is 1. The summed E-state index contributed by atoms with van der Waals surface area (Å²) in [6.07, 6.45) is 0. The summed E-state index contributed by atoms with van der Waals surface area (Å²) in [4.78, 5) is 28.5. The summed E-state index contributed by atoms with van der Waals surface area (Å²) in [6.45, 7) is -0.414. The highest BCUT2D eigenvalue weighted by Gasteiger charge is 2.17. The number of hydrogen-bond donors (Lipinski definition) is 0. The van der Waals surface area contributed by atoms with E-state index >= 15 is 0 Å². The van der Waals surface area contributed by atoms with Crippen LogP contribution in [0.25, 0.3) is 10.6 Å². The number of halogens is 1. The summed E-state index contributed by atoms with van der Waals surface area (Å²) >= 11 is 1.23. The molecule has 0 fully saturated rings. The molecule has 0 amide bonds. The number of benzene rings is 2. The van der Waals surface area contributed by atoms with Crippen LogP contribution in [0.4, 0.5) is 4.39 Å². The van der Waals surface area contributed by atoms with E-state index in [9.17, 15) is 14.0 Å². The van der Waals surface area contributed by atoms with Crippen LogP contribution in [-0.4, -0.2) is 30.5 Å². The number of ether oxygens (including phenoxy) is 2. The molecule has 0 aliphatic rings. The van der Waals surface area contributed by atoms with Crippen molar-refractivity contribution in [2.45, 2.75) is 0 Å². The van der Waals surface area contributed by atoms with Crippen LogP contribution >= 0.6 is 11.3 Å². The molecule has 3 aromatic rings. The van der Waals surface area contributed by atoms with Gasteiger partial charge in [0.05, 0.1) is 12.7 Å². The van der Waals surface area contributed by atoms with E-state index in [2.05, 4.69) is 4.98 Å². The fourth-order valence-electron chi connectivity index (χ4n) is 2.25. The Labute approximate surface area is 153 Å². The first-order chi connectivity index (χ1) is 12.6. The topological polar surface area (TPSA) is 65.5 Å². The molecule has 3 rings (SSSR count). The van der Waals surface area contributed by atoms with Crippen LogP contribution in [-0.2, 0) is 4.74 Å². The second-order valence-electron chi connectivity index (χ2n) is 5.24. The number of carbonyl (C=O) groups excluding carboxylic acids is 2. The van der Waals surface area contributed by atoms with Crippen molar-refractivity contribution in [3.8, 4) is 16.3 Å². The van der Waals surface area contributed by atoms with Crippen molar-refractivity contribution in [2.24, 2.45) is 0 Å². The molecule has 2 aromatic carbocycles. The van der Waals surface area contributed by atoms with Gasteiger partial charge in [0.15, 0.2) is 12.3 Å². The van der Waals surface area contributed by atoms with Gasteiger partial charge in [-0.3, -0.25) is 4.79 Å². The molecule has 0 atom stereocenters. The van der Waals surface area contributed by atoms with Crippen LogP contribution in [0.1, 0.15) is 20.8 Å². The zero-order valence-electron chi connectivity index (χ0n) is 13.8. The Balaban J connectivity index is 1.65. The van der Waals surface area contributed by atoms with Crippen LogP contribution in [0.5, 0.6) is 5.75 Å². The van der Waals surface area contributed by atoms with Gasteiger partial charge in [0.1, 0.15) is 16.6 Å². The number of thiazole rings is 1. The molecular formula is C19H14FNO4S. The van der Waals surface area contributed by atoms with E-state index in [4.69, 9.17) is 9.47 Å². The molecule has 0 saturated heterocycles. The summed E-state index contributed by atoms with van der Waals surface area (Å²) in [7, 11) is 1.46. The maximum atomic E-state index is 13.0. The Morgan fingerprint density at radius 2 is 1.85 bits per heavy atom. The molecule has 7 heteroatoms. The Morgan fingerprint density at radius 3 is 2.58 bits per heavy atom. The zero-order chi connectivity index (χ0) is 18.5. The second-order valence-corrected chi connectivity index (χ2v) is 6.10. The minimum absolute atomic E-state index is 0.0992. The van der Waals surface area contributed by atoms with Gasteiger partial charge in [0.25, 0.3) is 0 Å². The third-order valence-corrected chi connectivity index (χ3v) is 4.44. The average molecular weight is 371 g/mol. The highest BCUT2D eigenvalue weighted by molar-refractivity contribution is 7.13. The maximum Gasteiger partial charge on any atom is 0.358 e. The molecule has 0 unspecified atom stereocenters. The summed E-state index contributed by atoms with van der Waals surface area (Å²) < 4.78 is 23.1. The quantitative estimate of drug-likeness (QED) is 0.484. The predicted molar refractivity (Wildman–Crippen MR) is 95.1 cm³/mol. The molecular weight excluding hydrogens is 357 g/mol. The lowest BCUT2D eigenvalue weighted by atomic mass is 10.1. The largest absolute Gasteiger partial charge is 0.496 e.